The summed E-state index contributed by atoms with van der Waals surface area (Å²) in [5.74, 6) is 2.14. The van der Waals surface area contributed by atoms with E-state index in [-0.39, 0.29) is 0 Å². The molecule has 0 aliphatic heterocycles. The number of hydrogen-bond donors (Lipinski definition) is 0. The molecule has 0 N–H and O–H groups in total. The molecule has 0 spiro atoms. The Morgan fingerprint density at radius 2 is 1.14 bits per heavy atom. The molecule has 0 fully saturated rings. The van der Waals surface area contributed by atoms with Gasteiger partial charge in [-0.2, -0.15) is 0 Å². The van der Waals surface area contributed by atoms with E-state index in [1.54, 1.807) is 0 Å². The predicted octanol–water partition coefficient (Wildman–Crippen LogP) is 8.18. The van der Waals surface area contributed by atoms with Crippen molar-refractivity contribution in [2.24, 2.45) is 0 Å². The number of rotatable bonds is 19. The van der Waals surface area contributed by atoms with Gasteiger partial charge in [-0.25, -0.2) is 9.13 Å². The van der Waals surface area contributed by atoms with Gasteiger partial charge in [0.25, 0.3) is 5.82 Å². The van der Waals surface area contributed by atoms with Gasteiger partial charge in [0, 0.05) is 0 Å². The Morgan fingerprint density at radius 3 is 1.64 bits per heavy atom. The fraction of sp³-hybridized carbons (Fsp3) is 0.885. The number of aryl methyl sites for hydroxylation is 2. The van der Waals surface area contributed by atoms with Crippen LogP contribution in [0.4, 0.5) is 0 Å². The van der Waals surface area contributed by atoms with Gasteiger partial charge in [0.2, 0.25) is 0 Å². The first kappa shape index (κ1) is 25.2. The SMILES string of the molecule is CCCCCCCCCCCn1cc[n+](CCCCCCCCC)c1C(C)C. The summed E-state index contributed by atoms with van der Waals surface area (Å²) < 4.78 is 5.07. The van der Waals surface area contributed by atoms with E-state index < -0.39 is 0 Å². The maximum Gasteiger partial charge on any atom is 0.258 e. The normalized spacial score (nSPS) is 11.6. The highest BCUT2D eigenvalue weighted by Gasteiger charge is 2.19. The van der Waals surface area contributed by atoms with E-state index in [1.165, 1.54) is 122 Å². The Labute approximate surface area is 177 Å². The molecule has 2 nitrogen and oxygen atoms in total. The Balaban J connectivity index is 2.23. The molecule has 0 aromatic carbocycles. The molecule has 0 amide bonds. The number of unbranched alkanes of at least 4 members (excludes halogenated alkanes) is 14. The van der Waals surface area contributed by atoms with Crippen LogP contribution in [-0.4, -0.2) is 4.57 Å². The molecule has 0 unspecified atom stereocenters. The number of nitrogens with zero attached hydrogens (tertiary/aromatic N) is 2. The largest absolute Gasteiger partial charge is 0.258 e. The van der Waals surface area contributed by atoms with E-state index in [1.807, 2.05) is 0 Å². The lowest BCUT2D eigenvalue weighted by Crippen LogP contribution is -2.38. The molecule has 28 heavy (non-hydrogen) atoms. The predicted molar refractivity (Wildman–Crippen MR) is 124 cm³/mol. The molecule has 0 saturated heterocycles. The highest BCUT2D eigenvalue weighted by atomic mass is 15.1. The fourth-order valence-electron chi connectivity index (χ4n) is 4.35. The summed E-state index contributed by atoms with van der Waals surface area (Å²) in [7, 11) is 0. The topological polar surface area (TPSA) is 8.81 Å². The first-order chi connectivity index (χ1) is 13.7. The standard InChI is InChI=1S/C26H51N2/c1-5-7-9-11-13-14-16-18-20-22-28-24-23-27(26(28)25(3)4)21-19-17-15-12-10-8-6-2/h23-25H,5-22H2,1-4H3/q+1. The summed E-state index contributed by atoms with van der Waals surface area (Å²) in [6, 6.07) is 0. The van der Waals surface area contributed by atoms with Crippen LogP contribution in [0.15, 0.2) is 12.4 Å². The molecular weight excluding hydrogens is 340 g/mol. The van der Waals surface area contributed by atoms with Crippen molar-refractivity contribution in [3.63, 3.8) is 0 Å². The number of hydrogen-bond acceptors (Lipinski definition) is 0. The lowest BCUT2D eigenvalue weighted by molar-refractivity contribution is -0.705. The zero-order valence-electron chi connectivity index (χ0n) is 19.9. The molecule has 1 aromatic rings. The van der Waals surface area contributed by atoms with E-state index in [0.29, 0.717) is 5.92 Å². The van der Waals surface area contributed by atoms with Crippen LogP contribution in [0.25, 0.3) is 0 Å². The maximum atomic E-state index is 2.53. The fourth-order valence-corrected chi connectivity index (χ4v) is 4.35. The molecule has 1 aromatic heterocycles. The van der Waals surface area contributed by atoms with Gasteiger partial charge in [-0.3, -0.25) is 0 Å². The van der Waals surface area contributed by atoms with E-state index in [2.05, 4.69) is 49.2 Å². The van der Waals surface area contributed by atoms with Gasteiger partial charge in [0.1, 0.15) is 12.4 Å². The monoisotopic (exact) mass is 391 g/mol. The quantitative estimate of drug-likeness (QED) is 0.166. The molecule has 0 bridgehead atoms. The van der Waals surface area contributed by atoms with Gasteiger partial charge in [0.05, 0.1) is 19.0 Å². The molecule has 1 rings (SSSR count). The second-order valence-corrected chi connectivity index (χ2v) is 9.15. The minimum Gasteiger partial charge on any atom is -0.234 e. The van der Waals surface area contributed by atoms with Gasteiger partial charge >= 0.3 is 0 Å². The highest BCUT2D eigenvalue weighted by Crippen LogP contribution is 2.14. The Morgan fingerprint density at radius 1 is 0.679 bits per heavy atom. The number of imidazole rings is 1. The first-order valence-electron chi connectivity index (χ1n) is 12.8. The van der Waals surface area contributed by atoms with E-state index in [0.717, 1.165) is 0 Å². The molecular formula is C26H51N2+. The Kier molecular flexibility index (Phi) is 15.4. The van der Waals surface area contributed by atoms with Gasteiger partial charge in [-0.1, -0.05) is 105 Å². The van der Waals surface area contributed by atoms with Crippen LogP contribution < -0.4 is 4.57 Å². The van der Waals surface area contributed by atoms with Crippen LogP contribution in [0.1, 0.15) is 142 Å². The van der Waals surface area contributed by atoms with Crippen molar-refractivity contribution in [2.75, 3.05) is 0 Å². The highest BCUT2D eigenvalue weighted by molar-refractivity contribution is 4.89. The van der Waals surface area contributed by atoms with E-state index in [4.69, 9.17) is 0 Å². The minimum atomic E-state index is 0.609. The van der Waals surface area contributed by atoms with Gasteiger partial charge in [-0.15, -0.1) is 0 Å². The lowest BCUT2D eigenvalue weighted by Gasteiger charge is -2.08. The third-order valence-electron chi connectivity index (χ3n) is 6.04. The van der Waals surface area contributed by atoms with E-state index in [9.17, 15) is 0 Å². The minimum absolute atomic E-state index is 0.609. The van der Waals surface area contributed by atoms with Crippen LogP contribution in [0.2, 0.25) is 0 Å². The van der Waals surface area contributed by atoms with Crippen molar-refractivity contribution in [1.82, 2.24) is 4.57 Å². The average molecular weight is 392 g/mol. The van der Waals surface area contributed by atoms with Crippen molar-refractivity contribution in [3.8, 4) is 0 Å². The third kappa shape index (κ3) is 11.3. The van der Waals surface area contributed by atoms with E-state index >= 15 is 0 Å². The van der Waals surface area contributed by atoms with Crippen LogP contribution in [0.3, 0.4) is 0 Å². The molecule has 0 atom stereocenters. The summed E-state index contributed by atoms with van der Waals surface area (Å²) in [5.41, 5.74) is 0. The summed E-state index contributed by atoms with van der Waals surface area (Å²) in [5, 5.41) is 0. The zero-order chi connectivity index (χ0) is 20.5. The number of aromatic nitrogens is 2. The van der Waals surface area contributed by atoms with Gasteiger partial charge in [0.15, 0.2) is 0 Å². The molecule has 0 aliphatic rings. The van der Waals surface area contributed by atoms with Crippen molar-refractivity contribution in [2.45, 2.75) is 149 Å². The third-order valence-corrected chi connectivity index (χ3v) is 6.04. The Bertz CT molecular complexity index is 461. The van der Waals surface area contributed by atoms with Crippen molar-refractivity contribution >= 4 is 0 Å². The molecule has 164 valence electrons. The summed E-state index contributed by atoms with van der Waals surface area (Å²) >= 11 is 0. The van der Waals surface area contributed by atoms with Crippen LogP contribution >= 0.6 is 0 Å². The molecule has 0 aliphatic carbocycles. The smallest absolute Gasteiger partial charge is 0.234 e. The molecule has 0 saturated carbocycles. The second kappa shape index (κ2) is 17.1. The van der Waals surface area contributed by atoms with Crippen molar-refractivity contribution in [3.05, 3.63) is 18.2 Å². The van der Waals surface area contributed by atoms with Gasteiger partial charge < -0.3 is 0 Å². The summed E-state index contributed by atoms with van der Waals surface area (Å²) in [4.78, 5) is 0. The van der Waals surface area contributed by atoms with Crippen molar-refractivity contribution in [1.29, 1.82) is 0 Å². The van der Waals surface area contributed by atoms with Gasteiger partial charge in [-0.05, 0) is 25.7 Å². The second-order valence-electron chi connectivity index (χ2n) is 9.15. The Hall–Kier alpha value is -0.790. The molecule has 2 heteroatoms. The molecule has 0 radical (unpaired) electrons. The lowest BCUT2D eigenvalue weighted by atomic mass is 10.1. The van der Waals surface area contributed by atoms with Crippen LogP contribution in [0.5, 0.6) is 0 Å². The average Bonchev–Trinajstić information content (AvgIpc) is 3.09. The summed E-state index contributed by atoms with van der Waals surface area (Å²) in [6.45, 7) is 11.7. The van der Waals surface area contributed by atoms with Crippen LogP contribution in [0, 0.1) is 0 Å². The zero-order valence-corrected chi connectivity index (χ0v) is 19.9. The summed E-state index contributed by atoms with van der Waals surface area (Å²) in [6.07, 6.45) is 27.1. The first-order valence-corrected chi connectivity index (χ1v) is 12.8. The molecule has 1 heterocycles. The van der Waals surface area contributed by atoms with Crippen LogP contribution in [-0.2, 0) is 13.1 Å². The maximum absolute atomic E-state index is 2.53. The van der Waals surface area contributed by atoms with Crippen molar-refractivity contribution < 1.29 is 4.57 Å².